The highest BCUT2D eigenvalue weighted by Gasteiger charge is 2.32. The normalized spacial score (nSPS) is 10.9. The van der Waals surface area contributed by atoms with Crippen molar-refractivity contribution in [1.82, 2.24) is 4.98 Å². The number of halogens is 4. The summed E-state index contributed by atoms with van der Waals surface area (Å²) in [5, 5.41) is 8.24. The van der Waals surface area contributed by atoms with Gasteiger partial charge in [0, 0.05) is 17.8 Å². The Morgan fingerprint density at radius 2 is 2.13 bits per heavy atom. The number of aromatic nitrogens is 1. The third-order valence-electron chi connectivity index (χ3n) is 1.39. The maximum atomic E-state index is 13.0. The molecule has 1 aromatic rings. The molecule has 0 aromatic carbocycles. The van der Waals surface area contributed by atoms with Crippen LogP contribution in [-0.2, 0) is 6.42 Å². The second-order valence-electron chi connectivity index (χ2n) is 2.50. The van der Waals surface area contributed by atoms with Gasteiger partial charge in [0.2, 0.25) is 5.88 Å². The third kappa shape index (κ3) is 3.42. The largest absolute Gasteiger partial charge is 0.574 e. The van der Waals surface area contributed by atoms with Gasteiger partial charge in [-0.25, -0.2) is 9.37 Å². The standard InChI is InChI=1S/C8H4F4N2O/c9-6-3-7(15-8(10,11)12)14-4-5(6)1-2-13/h3-4H,1H2. The van der Waals surface area contributed by atoms with E-state index in [1.165, 1.54) is 0 Å². The van der Waals surface area contributed by atoms with Crippen molar-refractivity contribution in [1.29, 1.82) is 5.26 Å². The number of ether oxygens (including phenoxy) is 1. The summed E-state index contributed by atoms with van der Waals surface area (Å²) >= 11 is 0. The van der Waals surface area contributed by atoms with E-state index in [1.54, 1.807) is 6.07 Å². The van der Waals surface area contributed by atoms with Crippen LogP contribution in [0.25, 0.3) is 0 Å². The number of alkyl halides is 3. The van der Waals surface area contributed by atoms with Crippen LogP contribution in [0.15, 0.2) is 12.3 Å². The van der Waals surface area contributed by atoms with Crippen LogP contribution in [0, 0.1) is 17.1 Å². The number of nitriles is 1. The van der Waals surface area contributed by atoms with E-state index < -0.39 is 18.1 Å². The highest BCUT2D eigenvalue weighted by Crippen LogP contribution is 2.22. The molecule has 80 valence electrons. The molecule has 0 aliphatic carbocycles. The van der Waals surface area contributed by atoms with Crippen LogP contribution < -0.4 is 4.74 Å². The minimum absolute atomic E-state index is 0.0768. The van der Waals surface area contributed by atoms with Crippen molar-refractivity contribution in [2.75, 3.05) is 0 Å². The Kier molecular flexibility index (Phi) is 3.09. The van der Waals surface area contributed by atoms with Gasteiger partial charge in [-0.1, -0.05) is 0 Å². The van der Waals surface area contributed by atoms with Crippen LogP contribution in [-0.4, -0.2) is 11.3 Å². The average Bonchev–Trinajstić information content (AvgIpc) is 2.07. The fourth-order valence-electron chi connectivity index (χ4n) is 0.831. The zero-order chi connectivity index (χ0) is 11.5. The molecule has 0 radical (unpaired) electrons. The predicted molar refractivity (Wildman–Crippen MR) is 40.2 cm³/mol. The molecule has 0 N–H and O–H groups in total. The summed E-state index contributed by atoms with van der Waals surface area (Å²) in [6.45, 7) is 0. The van der Waals surface area contributed by atoms with Crippen LogP contribution in [0.1, 0.15) is 5.56 Å². The van der Waals surface area contributed by atoms with Gasteiger partial charge in [-0.15, -0.1) is 13.2 Å². The lowest BCUT2D eigenvalue weighted by molar-refractivity contribution is -0.276. The lowest BCUT2D eigenvalue weighted by Gasteiger charge is -2.07. The summed E-state index contributed by atoms with van der Waals surface area (Å²) in [6.07, 6.45) is -4.33. The number of nitrogens with zero attached hydrogens (tertiary/aromatic N) is 2. The van der Waals surface area contributed by atoms with Gasteiger partial charge < -0.3 is 4.74 Å². The fraction of sp³-hybridized carbons (Fsp3) is 0.250. The first-order chi connectivity index (χ1) is 6.92. The van der Waals surface area contributed by atoms with E-state index in [0.717, 1.165) is 6.20 Å². The van der Waals surface area contributed by atoms with Crippen molar-refractivity contribution in [2.45, 2.75) is 12.8 Å². The van der Waals surface area contributed by atoms with Crippen LogP contribution in [0.3, 0.4) is 0 Å². The maximum absolute atomic E-state index is 13.0. The van der Waals surface area contributed by atoms with Crippen molar-refractivity contribution >= 4 is 0 Å². The number of hydrogen-bond donors (Lipinski definition) is 0. The Morgan fingerprint density at radius 3 is 2.60 bits per heavy atom. The molecule has 0 unspecified atom stereocenters. The molecule has 0 aliphatic heterocycles. The van der Waals surface area contributed by atoms with Crippen LogP contribution in [0.5, 0.6) is 5.88 Å². The van der Waals surface area contributed by atoms with Gasteiger partial charge in [-0.3, -0.25) is 0 Å². The Hall–Kier alpha value is -1.84. The average molecular weight is 220 g/mol. The summed E-state index contributed by atoms with van der Waals surface area (Å²) in [5.41, 5.74) is -0.0768. The Labute approximate surface area is 81.9 Å². The molecule has 15 heavy (non-hydrogen) atoms. The first kappa shape index (κ1) is 11.2. The van der Waals surface area contributed by atoms with Gasteiger partial charge in [0.25, 0.3) is 0 Å². The van der Waals surface area contributed by atoms with Crippen LogP contribution in [0.2, 0.25) is 0 Å². The van der Waals surface area contributed by atoms with Gasteiger partial charge in [0.05, 0.1) is 12.5 Å². The smallest absolute Gasteiger partial charge is 0.388 e. The summed E-state index contributed by atoms with van der Waals surface area (Å²) in [6, 6.07) is 2.14. The predicted octanol–water partition coefficient (Wildman–Crippen LogP) is 2.19. The van der Waals surface area contributed by atoms with E-state index in [1.807, 2.05) is 0 Å². The molecule has 1 heterocycles. The van der Waals surface area contributed by atoms with Gasteiger partial charge in [0.15, 0.2) is 0 Å². The first-order valence-electron chi connectivity index (χ1n) is 3.69. The monoisotopic (exact) mass is 220 g/mol. The molecule has 7 heteroatoms. The van der Waals surface area contributed by atoms with E-state index >= 15 is 0 Å². The van der Waals surface area contributed by atoms with Crippen molar-refractivity contribution in [3.8, 4) is 11.9 Å². The fourth-order valence-corrected chi connectivity index (χ4v) is 0.831. The van der Waals surface area contributed by atoms with Gasteiger partial charge >= 0.3 is 6.36 Å². The van der Waals surface area contributed by atoms with Crippen molar-refractivity contribution < 1.29 is 22.3 Å². The molecular formula is C8H4F4N2O. The maximum Gasteiger partial charge on any atom is 0.574 e. The number of pyridine rings is 1. The van der Waals surface area contributed by atoms with Gasteiger partial charge in [-0.05, 0) is 0 Å². The third-order valence-corrected chi connectivity index (χ3v) is 1.39. The molecule has 3 nitrogen and oxygen atoms in total. The lowest BCUT2D eigenvalue weighted by atomic mass is 10.2. The van der Waals surface area contributed by atoms with E-state index in [4.69, 9.17) is 5.26 Å². The summed E-state index contributed by atoms with van der Waals surface area (Å²) < 4.78 is 51.4. The second-order valence-corrected chi connectivity index (χ2v) is 2.50. The summed E-state index contributed by atoms with van der Waals surface area (Å²) in [7, 11) is 0. The van der Waals surface area contributed by atoms with Crippen molar-refractivity contribution in [2.24, 2.45) is 0 Å². The zero-order valence-electron chi connectivity index (χ0n) is 7.18. The summed E-state index contributed by atoms with van der Waals surface area (Å²) in [4.78, 5) is 3.21. The number of hydrogen-bond acceptors (Lipinski definition) is 3. The molecule has 0 saturated heterocycles. The Balaban J connectivity index is 2.88. The highest BCUT2D eigenvalue weighted by molar-refractivity contribution is 5.22. The quantitative estimate of drug-likeness (QED) is 0.717. The van der Waals surface area contributed by atoms with E-state index in [-0.39, 0.29) is 12.0 Å². The van der Waals surface area contributed by atoms with Crippen molar-refractivity contribution in [3.05, 3.63) is 23.6 Å². The van der Waals surface area contributed by atoms with E-state index in [0.29, 0.717) is 6.07 Å². The highest BCUT2D eigenvalue weighted by atomic mass is 19.4. The zero-order valence-corrected chi connectivity index (χ0v) is 7.18. The molecule has 0 fully saturated rings. The first-order valence-corrected chi connectivity index (χ1v) is 3.69. The molecule has 1 rings (SSSR count). The molecule has 0 bridgehead atoms. The van der Waals surface area contributed by atoms with Crippen molar-refractivity contribution in [3.63, 3.8) is 0 Å². The summed E-state index contributed by atoms with van der Waals surface area (Å²) in [5.74, 6) is -1.84. The molecule has 1 aromatic heterocycles. The van der Waals surface area contributed by atoms with Gasteiger partial charge in [-0.2, -0.15) is 5.26 Å². The second kappa shape index (κ2) is 4.13. The molecular weight excluding hydrogens is 216 g/mol. The Bertz CT molecular complexity index is 397. The lowest BCUT2D eigenvalue weighted by Crippen LogP contribution is -2.18. The molecule has 0 spiro atoms. The topological polar surface area (TPSA) is 45.9 Å². The minimum Gasteiger partial charge on any atom is -0.388 e. The minimum atomic E-state index is -4.91. The van der Waals surface area contributed by atoms with Crippen LogP contribution >= 0.6 is 0 Å². The molecule has 0 saturated carbocycles. The van der Waals surface area contributed by atoms with E-state index in [2.05, 4.69) is 9.72 Å². The van der Waals surface area contributed by atoms with Crippen LogP contribution in [0.4, 0.5) is 17.6 Å². The van der Waals surface area contributed by atoms with E-state index in [9.17, 15) is 17.6 Å². The SMILES string of the molecule is N#CCc1cnc(OC(F)(F)F)cc1F. The van der Waals surface area contributed by atoms with Gasteiger partial charge in [0.1, 0.15) is 5.82 Å². The number of rotatable bonds is 2. The molecule has 0 atom stereocenters. The Morgan fingerprint density at radius 1 is 1.47 bits per heavy atom. The molecule has 0 amide bonds. The molecule has 0 aliphatic rings.